The predicted molar refractivity (Wildman–Crippen MR) is 79.8 cm³/mol. The van der Waals surface area contributed by atoms with Crippen LogP contribution in [0.3, 0.4) is 0 Å². The van der Waals surface area contributed by atoms with Crippen LogP contribution in [-0.2, 0) is 27.8 Å². The second kappa shape index (κ2) is 7.61. The van der Waals surface area contributed by atoms with Crippen molar-refractivity contribution in [3.8, 4) is 0 Å². The molecule has 116 valence electrons. The van der Waals surface area contributed by atoms with E-state index in [0.717, 1.165) is 17.0 Å². The predicted octanol–water partition coefficient (Wildman–Crippen LogP) is 1.16. The second-order valence-electron chi connectivity index (χ2n) is 4.82. The minimum atomic E-state index is -0.410. The Hall–Kier alpha value is -2.11. The molecule has 0 aliphatic heterocycles. The maximum absolute atomic E-state index is 12.4. The normalized spacial score (nSPS) is 10.3. The Balaban J connectivity index is 2.81. The van der Waals surface area contributed by atoms with E-state index in [-0.39, 0.29) is 18.9 Å². The van der Waals surface area contributed by atoms with E-state index in [1.807, 2.05) is 20.9 Å². The number of nitrogens with zero attached hydrogens (tertiary/aromatic N) is 3. The van der Waals surface area contributed by atoms with Crippen LogP contribution in [0.1, 0.15) is 23.9 Å². The summed E-state index contributed by atoms with van der Waals surface area (Å²) in [4.78, 5) is 25.4. The van der Waals surface area contributed by atoms with Gasteiger partial charge in [-0.05, 0) is 20.8 Å². The van der Waals surface area contributed by atoms with Gasteiger partial charge in [-0.15, -0.1) is 6.58 Å². The standard InChI is InChI=1S/C15H23N3O3/c1-6-8-18(10-15(20)21-7-2)14(19)9-13-11(3)16-17(5)12(13)4/h6H,1,7-10H2,2-5H3. The molecule has 0 aliphatic rings. The van der Waals surface area contributed by atoms with Crippen LogP contribution in [0.15, 0.2) is 12.7 Å². The molecule has 1 aromatic rings. The largest absolute Gasteiger partial charge is 0.465 e. The SMILES string of the molecule is C=CCN(CC(=O)OCC)C(=O)Cc1c(C)nn(C)c1C. The number of hydrogen-bond acceptors (Lipinski definition) is 4. The lowest BCUT2D eigenvalue weighted by molar-refractivity contribution is -0.148. The summed E-state index contributed by atoms with van der Waals surface area (Å²) >= 11 is 0. The number of aryl methyl sites for hydroxylation is 2. The summed E-state index contributed by atoms with van der Waals surface area (Å²) in [5, 5.41) is 4.29. The van der Waals surface area contributed by atoms with Gasteiger partial charge < -0.3 is 9.64 Å². The first kappa shape index (κ1) is 16.9. The molecule has 6 nitrogen and oxygen atoms in total. The van der Waals surface area contributed by atoms with Crippen molar-refractivity contribution in [1.82, 2.24) is 14.7 Å². The van der Waals surface area contributed by atoms with Crippen molar-refractivity contribution in [2.45, 2.75) is 27.2 Å². The third kappa shape index (κ3) is 4.44. The van der Waals surface area contributed by atoms with Gasteiger partial charge in [-0.25, -0.2) is 0 Å². The van der Waals surface area contributed by atoms with Crippen LogP contribution in [-0.4, -0.2) is 46.3 Å². The van der Waals surface area contributed by atoms with Crippen LogP contribution in [0.4, 0.5) is 0 Å². The molecule has 1 amide bonds. The Bertz CT molecular complexity index is 535. The highest BCUT2D eigenvalue weighted by atomic mass is 16.5. The molecule has 0 aromatic carbocycles. The van der Waals surface area contributed by atoms with Crippen molar-refractivity contribution in [2.75, 3.05) is 19.7 Å². The second-order valence-corrected chi connectivity index (χ2v) is 4.82. The molecular weight excluding hydrogens is 270 g/mol. The van der Waals surface area contributed by atoms with Gasteiger partial charge >= 0.3 is 5.97 Å². The molecule has 1 aromatic heterocycles. The fraction of sp³-hybridized carbons (Fsp3) is 0.533. The van der Waals surface area contributed by atoms with Crippen molar-refractivity contribution in [3.05, 3.63) is 29.6 Å². The van der Waals surface area contributed by atoms with E-state index in [1.54, 1.807) is 17.7 Å². The summed E-state index contributed by atoms with van der Waals surface area (Å²) < 4.78 is 6.64. The van der Waals surface area contributed by atoms with Crippen molar-refractivity contribution in [1.29, 1.82) is 0 Å². The van der Waals surface area contributed by atoms with Gasteiger partial charge in [0.2, 0.25) is 5.91 Å². The van der Waals surface area contributed by atoms with Crippen LogP contribution >= 0.6 is 0 Å². The first-order chi connectivity index (χ1) is 9.90. The van der Waals surface area contributed by atoms with E-state index in [1.165, 1.54) is 4.90 Å². The highest BCUT2D eigenvalue weighted by Gasteiger charge is 2.20. The number of hydrogen-bond donors (Lipinski definition) is 0. The number of carbonyl (C=O) groups excluding carboxylic acids is 2. The molecule has 0 radical (unpaired) electrons. The summed E-state index contributed by atoms with van der Waals surface area (Å²) in [6.07, 6.45) is 1.82. The van der Waals surface area contributed by atoms with Gasteiger partial charge in [0.05, 0.1) is 18.7 Å². The minimum absolute atomic E-state index is 0.0585. The molecule has 0 spiro atoms. The summed E-state index contributed by atoms with van der Waals surface area (Å²) in [6.45, 7) is 9.71. The van der Waals surface area contributed by atoms with Crippen molar-refractivity contribution in [2.24, 2.45) is 7.05 Å². The maximum atomic E-state index is 12.4. The molecule has 0 aliphatic carbocycles. The summed E-state index contributed by atoms with van der Waals surface area (Å²) in [6, 6.07) is 0. The van der Waals surface area contributed by atoms with Crippen LogP contribution in [0.25, 0.3) is 0 Å². The molecule has 0 atom stereocenters. The third-order valence-corrected chi connectivity index (χ3v) is 3.31. The van der Waals surface area contributed by atoms with Crippen LogP contribution in [0.5, 0.6) is 0 Å². The van der Waals surface area contributed by atoms with Gasteiger partial charge in [-0.2, -0.15) is 5.10 Å². The first-order valence-electron chi connectivity index (χ1n) is 6.94. The number of ether oxygens (including phenoxy) is 1. The van der Waals surface area contributed by atoms with Gasteiger partial charge in [0.1, 0.15) is 6.54 Å². The van der Waals surface area contributed by atoms with Gasteiger partial charge in [-0.3, -0.25) is 14.3 Å². The van der Waals surface area contributed by atoms with Crippen LogP contribution in [0.2, 0.25) is 0 Å². The Labute approximate surface area is 125 Å². The van der Waals surface area contributed by atoms with Gasteiger partial charge in [0.15, 0.2) is 0 Å². The quantitative estimate of drug-likeness (QED) is 0.559. The molecular formula is C15H23N3O3. The van der Waals surface area contributed by atoms with E-state index in [0.29, 0.717) is 13.2 Å². The number of carbonyl (C=O) groups is 2. The Morgan fingerprint density at radius 2 is 2.10 bits per heavy atom. The highest BCUT2D eigenvalue weighted by molar-refractivity contribution is 5.84. The monoisotopic (exact) mass is 293 g/mol. The molecule has 1 heterocycles. The van der Waals surface area contributed by atoms with Crippen LogP contribution < -0.4 is 0 Å². The molecule has 1 rings (SSSR count). The lowest BCUT2D eigenvalue weighted by Crippen LogP contribution is -2.37. The molecule has 0 saturated heterocycles. The summed E-state index contributed by atoms with van der Waals surface area (Å²) in [5.74, 6) is -0.547. The number of rotatable bonds is 7. The van der Waals surface area contributed by atoms with E-state index in [2.05, 4.69) is 11.7 Å². The Morgan fingerprint density at radius 1 is 1.43 bits per heavy atom. The third-order valence-electron chi connectivity index (χ3n) is 3.31. The lowest BCUT2D eigenvalue weighted by Gasteiger charge is -2.20. The van der Waals surface area contributed by atoms with Crippen molar-refractivity contribution < 1.29 is 14.3 Å². The molecule has 0 unspecified atom stereocenters. The number of esters is 1. The fourth-order valence-corrected chi connectivity index (χ4v) is 2.11. The van der Waals surface area contributed by atoms with Crippen molar-refractivity contribution in [3.63, 3.8) is 0 Å². The first-order valence-corrected chi connectivity index (χ1v) is 6.94. The van der Waals surface area contributed by atoms with Gasteiger partial charge in [0, 0.05) is 24.8 Å². The molecule has 6 heteroatoms. The molecule has 0 N–H and O–H groups in total. The Kier molecular flexibility index (Phi) is 6.14. The number of aromatic nitrogens is 2. The Morgan fingerprint density at radius 3 is 2.57 bits per heavy atom. The van der Waals surface area contributed by atoms with E-state index in [4.69, 9.17) is 4.74 Å². The van der Waals surface area contributed by atoms with E-state index >= 15 is 0 Å². The van der Waals surface area contributed by atoms with Crippen molar-refractivity contribution >= 4 is 11.9 Å². The summed E-state index contributed by atoms with van der Waals surface area (Å²) in [7, 11) is 1.84. The molecule has 0 fully saturated rings. The highest BCUT2D eigenvalue weighted by Crippen LogP contribution is 2.13. The number of amides is 1. The molecule has 0 bridgehead atoms. The van der Waals surface area contributed by atoms with E-state index in [9.17, 15) is 9.59 Å². The topological polar surface area (TPSA) is 64.4 Å². The van der Waals surface area contributed by atoms with Gasteiger partial charge in [-0.1, -0.05) is 6.08 Å². The maximum Gasteiger partial charge on any atom is 0.325 e. The lowest BCUT2D eigenvalue weighted by atomic mass is 10.1. The van der Waals surface area contributed by atoms with Gasteiger partial charge in [0.25, 0.3) is 0 Å². The fourth-order valence-electron chi connectivity index (χ4n) is 2.11. The average molecular weight is 293 g/mol. The minimum Gasteiger partial charge on any atom is -0.465 e. The average Bonchev–Trinajstić information content (AvgIpc) is 2.65. The molecule has 0 saturated carbocycles. The van der Waals surface area contributed by atoms with Crippen LogP contribution in [0, 0.1) is 13.8 Å². The zero-order valence-electron chi connectivity index (χ0n) is 13.2. The molecule has 21 heavy (non-hydrogen) atoms. The smallest absolute Gasteiger partial charge is 0.325 e. The zero-order chi connectivity index (χ0) is 16.0. The van der Waals surface area contributed by atoms with E-state index < -0.39 is 5.97 Å². The zero-order valence-corrected chi connectivity index (χ0v) is 13.2. The summed E-state index contributed by atoms with van der Waals surface area (Å²) in [5.41, 5.74) is 2.69.